The summed E-state index contributed by atoms with van der Waals surface area (Å²) in [5, 5.41) is 11.9. The lowest BCUT2D eigenvalue weighted by atomic mass is 9.70. The van der Waals surface area contributed by atoms with Gasteiger partial charge in [-0.15, -0.1) is 0 Å². The number of amides is 1. The van der Waals surface area contributed by atoms with Crippen LogP contribution in [0.25, 0.3) is 0 Å². The van der Waals surface area contributed by atoms with E-state index in [2.05, 4.69) is 15.3 Å². The SMILES string of the molecule is Cc1nc(C#N)nc(C)c1C(=O)NCC1(CC2CC2)CCC(S(=O)(=O)CC2CC2)CC1. The molecule has 1 aromatic rings. The van der Waals surface area contributed by atoms with Gasteiger partial charge in [-0.1, -0.05) is 12.8 Å². The second-order valence-electron chi connectivity index (χ2n) is 10.0. The van der Waals surface area contributed by atoms with Crippen LogP contribution in [0.2, 0.25) is 0 Å². The summed E-state index contributed by atoms with van der Waals surface area (Å²) < 4.78 is 25.5. The van der Waals surface area contributed by atoms with E-state index < -0.39 is 9.84 Å². The highest BCUT2D eigenvalue weighted by Crippen LogP contribution is 2.48. The number of nitriles is 1. The van der Waals surface area contributed by atoms with Gasteiger partial charge in [0.25, 0.3) is 5.91 Å². The van der Waals surface area contributed by atoms with Gasteiger partial charge in [0.1, 0.15) is 6.07 Å². The number of carbonyl (C=O) groups is 1. The van der Waals surface area contributed by atoms with Gasteiger partial charge in [-0.25, -0.2) is 18.4 Å². The molecule has 31 heavy (non-hydrogen) atoms. The van der Waals surface area contributed by atoms with Crippen LogP contribution < -0.4 is 5.32 Å². The molecule has 3 aliphatic carbocycles. The van der Waals surface area contributed by atoms with Gasteiger partial charge in [0.05, 0.1) is 28.0 Å². The molecule has 0 radical (unpaired) electrons. The van der Waals surface area contributed by atoms with E-state index in [0.29, 0.717) is 53.9 Å². The topological polar surface area (TPSA) is 113 Å². The standard InChI is InChI=1S/C23H32N4O3S/c1-15-21(16(2)27-20(12-24)26-15)22(28)25-14-23(11-17-3-4-17)9-7-19(8-10-23)31(29,30)13-18-5-6-18/h17-19H,3-11,13-14H2,1-2H3,(H,25,28). The van der Waals surface area contributed by atoms with E-state index >= 15 is 0 Å². The van der Waals surface area contributed by atoms with Crippen LogP contribution in [-0.4, -0.2) is 41.8 Å². The minimum Gasteiger partial charge on any atom is -0.351 e. The first-order valence-electron chi connectivity index (χ1n) is 11.5. The van der Waals surface area contributed by atoms with Crippen LogP contribution in [0.1, 0.15) is 85.4 Å². The minimum absolute atomic E-state index is 0.0301. The lowest BCUT2D eigenvalue weighted by Crippen LogP contribution is -2.43. The molecule has 0 aliphatic heterocycles. The van der Waals surface area contributed by atoms with Crippen molar-refractivity contribution in [3.05, 3.63) is 22.8 Å². The summed E-state index contributed by atoms with van der Waals surface area (Å²) in [5.41, 5.74) is 1.42. The van der Waals surface area contributed by atoms with Gasteiger partial charge in [0, 0.05) is 6.54 Å². The number of carbonyl (C=O) groups excluding carboxylic acids is 1. The van der Waals surface area contributed by atoms with E-state index in [1.54, 1.807) is 13.8 Å². The molecule has 1 heterocycles. The maximum absolute atomic E-state index is 13.0. The van der Waals surface area contributed by atoms with Crippen molar-refractivity contribution in [3.8, 4) is 6.07 Å². The highest BCUT2D eigenvalue weighted by molar-refractivity contribution is 7.92. The molecule has 3 saturated carbocycles. The van der Waals surface area contributed by atoms with E-state index in [1.165, 1.54) is 12.8 Å². The fourth-order valence-electron chi connectivity index (χ4n) is 5.15. The molecule has 3 fully saturated rings. The minimum atomic E-state index is -3.01. The molecule has 0 unspecified atom stereocenters. The van der Waals surface area contributed by atoms with Crippen molar-refractivity contribution in [2.45, 2.75) is 76.9 Å². The first-order valence-corrected chi connectivity index (χ1v) is 13.2. The number of nitrogens with zero attached hydrogens (tertiary/aromatic N) is 3. The first kappa shape index (κ1) is 22.2. The zero-order chi connectivity index (χ0) is 22.2. The average molecular weight is 445 g/mol. The van der Waals surface area contributed by atoms with Crippen LogP contribution in [0.4, 0.5) is 0 Å². The number of rotatable bonds is 8. The van der Waals surface area contributed by atoms with Gasteiger partial charge >= 0.3 is 0 Å². The van der Waals surface area contributed by atoms with Gasteiger partial charge < -0.3 is 5.32 Å². The number of sulfone groups is 1. The molecular formula is C23H32N4O3S. The summed E-state index contributed by atoms with van der Waals surface area (Å²) in [7, 11) is -3.01. The Kier molecular flexibility index (Phi) is 6.08. The van der Waals surface area contributed by atoms with Gasteiger partial charge in [0.2, 0.25) is 5.82 Å². The van der Waals surface area contributed by atoms with Crippen molar-refractivity contribution in [3.63, 3.8) is 0 Å². The molecule has 168 valence electrons. The quantitative estimate of drug-likeness (QED) is 0.658. The van der Waals surface area contributed by atoms with E-state index in [-0.39, 0.29) is 22.4 Å². The number of hydrogen-bond donors (Lipinski definition) is 1. The zero-order valence-corrected chi connectivity index (χ0v) is 19.3. The monoisotopic (exact) mass is 444 g/mol. The predicted octanol–water partition coefficient (Wildman–Crippen LogP) is 3.25. The summed E-state index contributed by atoms with van der Waals surface area (Å²) in [4.78, 5) is 21.2. The van der Waals surface area contributed by atoms with Crippen LogP contribution >= 0.6 is 0 Å². The Morgan fingerprint density at radius 3 is 2.16 bits per heavy atom. The van der Waals surface area contributed by atoms with Crippen LogP contribution in [0, 0.1) is 42.4 Å². The zero-order valence-electron chi connectivity index (χ0n) is 18.5. The molecule has 0 spiro atoms. The third-order valence-corrected chi connectivity index (χ3v) is 9.73. The normalized spacial score (nSPS) is 26.3. The summed E-state index contributed by atoms with van der Waals surface area (Å²) in [5.74, 6) is 1.32. The summed E-state index contributed by atoms with van der Waals surface area (Å²) in [6.07, 6.45) is 8.75. The third-order valence-electron chi connectivity index (χ3n) is 7.31. The number of nitrogens with one attached hydrogen (secondary N) is 1. The van der Waals surface area contributed by atoms with E-state index in [4.69, 9.17) is 5.26 Å². The Labute approximate surface area is 185 Å². The smallest absolute Gasteiger partial charge is 0.254 e. The van der Waals surface area contributed by atoms with Crippen molar-refractivity contribution in [2.24, 2.45) is 17.3 Å². The van der Waals surface area contributed by atoms with Gasteiger partial charge in [0.15, 0.2) is 9.84 Å². The molecule has 1 amide bonds. The Morgan fingerprint density at radius 2 is 1.65 bits per heavy atom. The van der Waals surface area contributed by atoms with E-state index in [0.717, 1.165) is 32.1 Å². The van der Waals surface area contributed by atoms with Crippen LogP contribution in [-0.2, 0) is 9.84 Å². The number of aromatic nitrogens is 2. The van der Waals surface area contributed by atoms with Crippen molar-refractivity contribution in [1.82, 2.24) is 15.3 Å². The number of aryl methyl sites for hydroxylation is 2. The fraction of sp³-hybridized carbons (Fsp3) is 0.739. The summed E-state index contributed by atoms with van der Waals surface area (Å²) in [6.45, 7) is 4.00. The van der Waals surface area contributed by atoms with Crippen molar-refractivity contribution in [1.29, 1.82) is 5.26 Å². The predicted molar refractivity (Wildman–Crippen MR) is 117 cm³/mol. The van der Waals surface area contributed by atoms with Crippen molar-refractivity contribution in [2.75, 3.05) is 12.3 Å². The second kappa shape index (κ2) is 8.50. The fourth-order valence-corrected chi connectivity index (χ4v) is 7.37. The molecule has 0 bridgehead atoms. The van der Waals surface area contributed by atoms with Gasteiger partial charge in [-0.2, -0.15) is 5.26 Å². The molecular weight excluding hydrogens is 412 g/mol. The van der Waals surface area contributed by atoms with Crippen LogP contribution in [0.5, 0.6) is 0 Å². The van der Waals surface area contributed by atoms with Gasteiger partial charge in [-0.3, -0.25) is 4.79 Å². The lowest BCUT2D eigenvalue weighted by molar-refractivity contribution is 0.0893. The Morgan fingerprint density at radius 1 is 1.06 bits per heavy atom. The molecule has 8 heteroatoms. The van der Waals surface area contributed by atoms with E-state index in [9.17, 15) is 13.2 Å². The Bertz CT molecular complexity index is 975. The van der Waals surface area contributed by atoms with Crippen LogP contribution in [0.3, 0.4) is 0 Å². The summed E-state index contributed by atoms with van der Waals surface area (Å²) in [6, 6.07) is 1.92. The molecule has 0 atom stereocenters. The van der Waals surface area contributed by atoms with Gasteiger partial charge in [-0.05, 0) is 76.0 Å². The molecule has 0 aromatic carbocycles. The Hall–Kier alpha value is -2.01. The molecule has 1 aromatic heterocycles. The maximum atomic E-state index is 13.0. The third kappa shape index (κ3) is 5.25. The largest absolute Gasteiger partial charge is 0.351 e. The Balaban J connectivity index is 1.42. The van der Waals surface area contributed by atoms with Crippen molar-refractivity contribution >= 4 is 15.7 Å². The summed E-state index contributed by atoms with van der Waals surface area (Å²) >= 11 is 0. The first-order chi connectivity index (χ1) is 14.7. The second-order valence-corrected chi connectivity index (χ2v) is 12.3. The molecule has 1 N–H and O–H groups in total. The average Bonchev–Trinajstić information content (AvgIpc) is 3.64. The molecule has 7 nitrogen and oxygen atoms in total. The molecule has 3 aliphatic rings. The number of hydrogen-bond acceptors (Lipinski definition) is 6. The maximum Gasteiger partial charge on any atom is 0.254 e. The van der Waals surface area contributed by atoms with Crippen LogP contribution in [0.15, 0.2) is 0 Å². The molecule has 0 saturated heterocycles. The molecule has 4 rings (SSSR count). The lowest BCUT2D eigenvalue weighted by Gasteiger charge is -2.40. The highest BCUT2D eigenvalue weighted by Gasteiger charge is 2.43. The highest BCUT2D eigenvalue weighted by atomic mass is 32.2. The van der Waals surface area contributed by atoms with E-state index in [1.807, 2.05) is 6.07 Å². The van der Waals surface area contributed by atoms with Crippen molar-refractivity contribution < 1.29 is 13.2 Å².